The maximum Gasteiger partial charge on any atom is 0.416 e. The Balaban J connectivity index is 1.50. The van der Waals surface area contributed by atoms with Crippen molar-refractivity contribution in [1.82, 2.24) is 0 Å². The van der Waals surface area contributed by atoms with Crippen LogP contribution in [0.3, 0.4) is 0 Å². The fraction of sp³-hybridized carbons (Fsp3) is 0.158. The molecule has 0 aliphatic heterocycles. The van der Waals surface area contributed by atoms with Crippen LogP contribution in [0.15, 0.2) is 206 Å². The summed E-state index contributed by atoms with van der Waals surface area (Å²) in [5.74, 6) is 0. The molecule has 0 saturated carbocycles. The second-order valence-corrected chi connectivity index (χ2v) is 25.8. The van der Waals surface area contributed by atoms with E-state index in [1.54, 1.807) is 0 Å². The third kappa shape index (κ3) is 15.9. The van der Waals surface area contributed by atoms with Gasteiger partial charge in [-0.15, -0.1) is 0 Å². The van der Waals surface area contributed by atoms with Crippen LogP contribution < -0.4 is 42.6 Å². The van der Waals surface area contributed by atoms with Gasteiger partial charge in [0.25, 0.3) is 0 Å². The fourth-order valence-corrected chi connectivity index (χ4v) is 14.3. The van der Waals surface area contributed by atoms with E-state index in [1.807, 2.05) is 0 Å². The Labute approximate surface area is 625 Å². The monoisotopic (exact) mass is 1680 g/mol. The molecule has 12 aromatic carbocycles. The van der Waals surface area contributed by atoms with Crippen LogP contribution in [0.2, 0.25) is 0 Å². The van der Waals surface area contributed by atoms with Crippen LogP contribution in [0.5, 0.6) is 0 Å². The van der Waals surface area contributed by atoms with Crippen molar-refractivity contribution in [3.05, 3.63) is 273 Å². The maximum absolute atomic E-state index is 16.4. The van der Waals surface area contributed by atoms with Crippen LogP contribution in [-0.4, -0.2) is 13.4 Å². The first-order valence-electron chi connectivity index (χ1n) is 32.4. The smallest absolute Gasteiger partial charge is 0.310 e. The van der Waals surface area contributed by atoms with Gasteiger partial charge in [0.15, 0.2) is 0 Å². The average molecular weight is 1680 g/mol. The van der Waals surface area contributed by atoms with Crippen molar-refractivity contribution in [3.8, 4) is 0 Å². The van der Waals surface area contributed by atoms with Crippen LogP contribution in [0.25, 0.3) is 32.3 Å². The van der Waals surface area contributed by atoms with E-state index in [4.69, 9.17) is 0 Å². The van der Waals surface area contributed by atoms with Gasteiger partial charge in [0.05, 0.1) is 78.1 Å². The Hall–Kier alpha value is -11.1. The van der Waals surface area contributed by atoms with Gasteiger partial charge in [-0.2, -0.15) is 158 Å². The number of halogens is 36. The van der Waals surface area contributed by atoms with Crippen molar-refractivity contribution in [2.75, 3.05) is 9.80 Å². The first-order chi connectivity index (χ1) is 53.2. The van der Waals surface area contributed by atoms with E-state index >= 15 is 158 Å². The van der Waals surface area contributed by atoms with Gasteiger partial charge in [-0.05, 0) is 153 Å². The standard InChI is InChI=1S/C76H34B2F36N2/c79-65(80,81)35-25-47(69(91,92)93)61(48(26-35)70(94,95)96)77(62-49(71(97,98)99)27-36(66(82,83)84)28-50(62)72(100,101)102)55-33-57(115(39-13-5-1-6-14-39)40-15-7-2-8-16-40)45-23-24-46-58(116(41-17-9-3-10-18-41)42-19-11-4-12-20-42)34-56(44-22-21-43(55)59(45)60(44)46)78(63-51(73(103,104)105)29-37(67(85,86)87)30-52(63)74(106,107)108)64-53(75(109,110)111)31-38(68(88,89)90)32-54(64)76(112,113)114/h1-34H. The fourth-order valence-electron chi connectivity index (χ4n) is 14.3. The lowest BCUT2D eigenvalue weighted by Crippen LogP contribution is -2.60. The summed E-state index contributed by atoms with van der Waals surface area (Å²) in [6.07, 6.45) is -81.9. The SMILES string of the molecule is FC(F)(F)c1cc(C(F)(F)F)c(B(c2c(C(F)(F)F)cc(C(F)(F)F)cc2C(F)(F)F)c2cc(N(c3ccccc3)c3ccccc3)c3ccc4c(N(c5ccccc5)c5ccccc5)cc(B(c5c(C(F)(F)F)cc(C(F)(F)F)cc5C(F)(F)F)c5c(C(F)(F)F)cc(C(F)(F)F)cc5C(F)(F)F)c5ccc2c3c54)c(C(F)(F)F)c1. The number of alkyl halides is 36. The van der Waals surface area contributed by atoms with E-state index in [0.29, 0.717) is 0 Å². The Morgan fingerprint density at radius 1 is 0.181 bits per heavy atom. The molecular weight excluding hydrogens is 1650 g/mol. The molecule has 116 heavy (non-hydrogen) atoms. The minimum atomic E-state index is -6.99. The van der Waals surface area contributed by atoms with Crippen LogP contribution in [0, 0.1) is 0 Å². The minimum Gasteiger partial charge on any atom is -0.310 e. The lowest BCUT2D eigenvalue weighted by atomic mass is 9.32. The minimum absolute atomic E-state index is 0.0165. The molecule has 0 spiro atoms. The zero-order valence-electron chi connectivity index (χ0n) is 56.3. The van der Waals surface area contributed by atoms with Crippen molar-refractivity contribution in [1.29, 1.82) is 0 Å². The highest BCUT2D eigenvalue weighted by Gasteiger charge is 2.57. The van der Waals surface area contributed by atoms with E-state index < -0.39 is 302 Å². The van der Waals surface area contributed by atoms with E-state index in [1.165, 1.54) is 24.3 Å². The number of para-hydroxylation sites is 4. The van der Waals surface area contributed by atoms with Crippen LogP contribution in [-0.2, 0) is 74.1 Å². The van der Waals surface area contributed by atoms with Crippen LogP contribution >= 0.6 is 0 Å². The molecule has 606 valence electrons. The summed E-state index contributed by atoms with van der Waals surface area (Å²) in [7, 11) is 0. The zero-order chi connectivity index (χ0) is 85.7. The highest BCUT2D eigenvalue weighted by Crippen LogP contribution is 2.52. The topological polar surface area (TPSA) is 6.48 Å². The summed E-state index contributed by atoms with van der Waals surface area (Å²) in [4.78, 5) is 1.48. The predicted octanol–water partition coefficient (Wildman–Crippen LogP) is 24.8. The normalized spacial score (nSPS) is 13.5. The Morgan fingerprint density at radius 2 is 0.345 bits per heavy atom. The largest absolute Gasteiger partial charge is 0.416 e. The number of nitrogens with zero attached hydrogens (tertiary/aromatic N) is 2. The quantitative estimate of drug-likeness (QED) is 0.0683. The summed E-state index contributed by atoms with van der Waals surface area (Å²) in [5, 5.41) is -7.96. The number of benzene rings is 12. The number of anilines is 6. The van der Waals surface area contributed by atoms with Crippen LogP contribution in [0.1, 0.15) is 66.8 Å². The molecule has 0 fully saturated rings. The van der Waals surface area contributed by atoms with Crippen molar-refractivity contribution >= 4 is 113 Å². The average Bonchev–Trinajstić information content (AvgIpc) is 0.689. The lowest BCUT2D eigenvalue weighted by molar-refractivity contribution is -0.150. The van der Waals surface area contributed by atoms with Gasteiger partial charge in [-0.1, -0.05) is 108 Å². The molecule has 0 atom stereocenters. The second-order valence-electron chi connectivity index (χ2n) is 25.8. The number of hydrogen-bond acceptors (Lipinski definition) is 2. The lowest BCUT2D eigenvalue weighted by Gasteiger charge is -2.34. The first kappa shape index (κ1) is 84.3. The van der Waals surface area contributed by atoms with Crippen molar-refractivity contribution in [2.45, 2.75) is 74.1 Å². The molecule has 0 aliphatic carbocycles. The maximum atomic E-state index is 16.4. The van der Waals surface area contributed by atoms with E-state index in [2.05, 4.69) is 0 Å². The summed E-state index contributed by atoms with van der Waals surface area (Å²) >= 11 is 0. The Morgan fingerprint density at radius 3 is 0.500 bits per heavy atom. The predicted molar refractivity (Wildman–Crippen MR) is 355 cm³/mol. The molecule has 12 rings (SSSR count). The van der Waals surface area contributed by atoms with Gasteiger partial charge >= 0.3 is 74.1 Å². The van der Waals surface area contributed by atoms with Gasteiger partial charge in [-0.3, -0.25) is 0 Å². The molecule has 12 aromatic rings. The van der Waals surface area contributed by atoms with Crippen molar-refractivity contribution in [3.63, 3.8) is 0 Å². The number of hydrogen-bond donors (Lipinski definition) is 0. The van der Waals surface area contributed by atoms with E-state index in [9.17, 15) is 0 Å². The highest BCUT2D eigenvalue weighted by molar-refractivity contribution is 6.99. The molecular formula is C76H34B2F36N2. The summed E-state index contributed by atoms with van der Waals surface area (Å²) < 4.78 is 573. The third-order valence-corrected chi connectivity index (χ3v) is 18.7. The molecule has 0 N–H and O–H groups in total. The molecule has 0 amide bonds. The second kappa shape index (κ2) is 28.4. The molecule has 0 radical (unpaired) electrons. The third-order valence-electron chi connectivity index (χ3n) is 18.7. The summed E-state index contributed by atoms with van der Waals surface area (Å²) in [6, 6.07) is 13.2. The summed E-state index contributed by atoms with van der Waals surface area (Å²) in [6.45, 7) is -9.22. The molecule has 0 aliphatic rings. The van der Waals surface area contributed by atoms with Gasteiger partial charge in [0.1, 0.15) is 0 Å². The Kier molecular flexibility index (Phi) is 20.6. The van der Waals surface area contributed by atoms with Gasteiger partial charge in [0.2, 0.25) is 13.4 Å². The number of rotatable bonds is 12. The molecule has 40 heteroatoms. The van der Waals surface area contributed by atoms with Crippen molar-refractivity contribution in [2.24, 2.45) is 0 Å². The molecule has 0 saturated heterocycles. The Bertz CT molecular complexity index is 4950. The first-order valence-corrected chi connectivity index (χ1v) is 32.4. The summed E-state index contributed by atoms with van der Waals surface area (Å²) in [5.41, 5.74) is -61.4. The zero-order valence-corrected chi connectivity index (χ0v) is 56.3. The molecule has 0 aromatic heterocycles. The van der Waals surface area contributed by atoms with Gasteiger partial charge in [0, 0.05) is 33.5 Å². The van der Waals surface area contributed by atoms with Gasteiger partial charge in [-0.25, -0.2) is 0 Å². The van der Waals surface area contributed by atoms with Crippen molar-refractivity contribution < 1.29 is 158 Å². The molecule has 0 bridgehead atoms. The molecule has 2 nitrogen and oxygen atoms in total. The van der Waals surface area contributed by atoms with Crippen LogP contribution in [0.4, 0.5) is 192 Å². The molecule has 0 heterocycles. The van der Waals surface area contributed by atoms with E-state index in [-0.39, 0.29) is 24.3 Å². The van der Waals surface area contributed by atoms with Gasteiger partial charge < -0.3 is 9.80 Å². The highest BCUT2D eigenvalue weighted by atomic mass is 19.5. The van der Waals surface area contributed by atoms with E-state index in [0.717, 1.165) is 119 Å². The molecule has 0 unspecified atom stereocenters.